The standard InChI is InChI=1S/C11H21BrN2O/c1-3-10(6-7-13)4-5-11(15)14-8-9(2)12/h10H,2-8,13H2,1H3,(H,14,15). The highest BCUT2D eigenvalue weighted by Gasteiger charge is 2.08. The minimum absolute atomic E-state index is 0.0890. The molecule has 0 aliphatic rings. The van der Waals surface area contributed by atoms with Crippen molar-refractivity contribution in [2.24, 2.45) is 11.7 Å². The Morgan fingerprint density at radius 3 is 2.67 bits per heavy atom. The molecule has 0 aliphatic carbocycles. The Bertz CT molecular complexity index is 207. The van der Waals surface area contributed by atoms with Crippen molar-refractivity contribution in [2.75, 3.05) is 13.1 Å². The average Bonchev–Trinajstić information content (AvgIpc) is 2.21. The fraction of sp³-hybridized carbons (Fsp3) is 0.727. The normalized spacial score (nSPS) is 12.2. The van der Waals surface area contributed by atoms with Crippen LogP contribution in [0.2, 0.25) is 0 Å². The predicted molar refractivity (Wildman–Crippen MR) is 67.8 cm³/mol. The average molecular weight is 277 g/mol. The second-order valence-electron chi connectivity index (χ2n) is 3.68. The minimum Gasteiger partial charge on any atom is -0.352 e. The first kappa shape index (κ1) is 14.6. The van der Waals surface area contributed by atoms with Crippen molar-refractivity contribution in [3.05, 3.63) is 11.1 Å². The van der Waals surface area contributed by atoms with Gasteiger partial charge in [-0.05, 0) is 25.3 Å². The Morgan fingerprint density at radius 2 is 2.20 bits per heavy atom. The molecular formula is C11H21BrN2O. The first-order valence-corrected chi connectivity index (χ1v) is 6.19. The van der Waals surface area contributed by atoms with Crippen molar-refractivity contribution in [1.29, 1.82) is 0 Å². The van der Waals surface area contributed by atoms with Gasteiger partial charge in [0.1, 0.15) is 0 Å². The van der Waals surface area contributed by atoms with Crippen molar-refractivity contribution >= 4 is 21.8 Å². The second-order valence-corrected chi connectivity index (χ2v) is 4.81. The fourth-order valence-corrected chi connectivity index (χ4v) is 1.55. The third kappa shape index (κ3) is 8.63. The summed E-state index contributed by atoms with van der Waals surface area (Å²) in [5.74, 6) is 0.666. The number of carbonyl (C=O) groups excluding carboxylic acids is 1. The van der Waals surface area contributed by atoms with E-state index in [-0.39, 0.29) is 5.91 Å². The third-order valence-electron chi connectivity index (χ3n) is 2.41. The molecule has 0 aromatic carbocycles. The molecule has 0 fully saturated rings. The maximum Gasteiger partial charge on any atom is 0.220 e. The van der Waals surface area contributed by atoms with Crippen LogP contribution in [0, 0.1) is 5.92 Å². The highest BCUT2D eigenvalue weighted by atomic mass is 79.9. The van der Waals surface area contributed by atoms with E-state index in [1.54, 1.807) is 0 Å². The van der Waals surface area contributed by atoms with E-state index in [2.05, 4.69) is 34.7 Å². The van der Waals surface area contributed by atoms with Crippen LogP contribution in [0.15, 0.2) is 11.1 Å². The number of rotatable bonds is 8. The van der Waals surface area contributed by atoms with Crippen molar-refractivity contribution < 1.29 is 4.79 Å². The van der Waals surface area contributed by atoms with E-state index in [0.717, 1.165) is 23.7 Å². The summed E-state index contributed by atoms with van der Waals surface area (Å²) >= 11 is 3.20. The van der Waals surface area contributed by atoms with E-state index in [9.17, 15) is 4.79 Å². The molecule has 0 spiro atoms. The number of amides is 1. The van der Waals surface area contributed by atoms with Crippen LogP contribution in [0.25, 0.3) is 0 Å². The summed E-state index contributed by atoms with van der Waals surface area (Å²) in [4.78, 5) is 11.4. The lowest BCUT2D eigenvalue weighted by molar-refractivity contribution is -0.121. The zero-order chi connectivity index (χ0) is 11.7. The molecule has 0 aromatic rings. The maximum atomic E-state index is 11.4. The maximum absolute atomic E-state index is 11.4. The smallest absolute Gasteiger partial charge is 0.220 e. The van der Waals surface area contributed by atoms with Gasteiger partial charge in [-0.2, -0.15) is 0 Å². The summed E-state index contributed by atoms with van der Waals surface area (Å²) in [6, 6.07) is 0. The summed E-state index contributed by atoms with van der Waals surface area (Å²) in [5, 5.41) is 2.79. The Kier molecular flexibility index (Phi) is 8.71. The summed E-state index contributed by atoms with van der Waals surface area (Å²) < 4.78 is 0.796. The Labute approximate surface area is 101 Å². The molecule has 1 unspecified atom stereocenters. The molecule has 0 aromatic heterocycles. The van der Waals surface area contributed by atoms with Crippen LogP contribution in [0.4, 0.5) is 0 Å². The van der Waals surface area contributed by atoms with Crippen molar-refractivity contribution in [2.45, 2.75) is 32.6 Å². The van der Waals surface area contributed by atoms with Crippen molar-refractivity contribution in [3.63, 3.8) is 0 Å². The van der Waals surface area contributed by atoms with E-state index in [0.29, 0.717) is 25.4 Å². The molecule has 0 saturated heterocycles. The zero-order valence-corrected chi connectivity index (χ0v) is 11.0. The van der Waals surface area contributed by atoms with Gasteiger partial charge >= 0.3 is 0 Å². The van der Waals surface area contributed by atoms with Gasteiger partial charge in [-0.15, -0.1) is 0 Å². The van der Waals surface area contributed by atoms with E-state index in [1.807, 2.05) is 0 Å². The summed E-state index contributed by atoms with van der Waals surface area (Å²) in [6.45, 7) is 7.00. The quantitative estimate of drug-likeness (QED) is 0.714. The van der Waals surface area contributed by atoms with Crippen molar-refractivity contribution in [3.8, 4) is 0 Å². The molecule has 0 rings (SSSR count). The topological polar surface area (TPSA) is 55.1 Å². The van der Waals surface area contributed by atoms with Crippen molar-refractivity contribution in [1.82, 2.24) is 5.32 Å². The van der Waals surface area contributed by atoms with Crippen LogP contribution >= 0.6 is 15.9 Å². The third-order valence-corrected chi connectivity index (χ3v) is 2.69. The number of hydrogen-bond acceptors (Lipinski definition) is 2. The van der Waals surface area contributed by atoms with Gasteiger partial charge in [-0.25, -0.2) is 0 Å². The van der Waals surface area contributed by atoms with Crippen LogP contribution in [-0.4, -0.2) is 19.0 Å². The minimum atomic E-state index is 0.0890. The van der Waals surface area contributed by atoms with Crippen LogP contribution in [0.1, 0.15) is 32.6 Å². The fourth-order valence-electron chi connectivity index (χ4n) is 1.41. The van der Waals surface area contributed by atoms with E-state index >= 15 is 0 Å². The van der Waals surface area contributed by atoms with E-state index in [1.165, 1.54) is 0 Å². The molecule has 15 heavy (non-hydrogen) atoms. The lowest BCUT2D eigenvalue weighted by Gasteiger charge is -2.12. The van der Waals surface area contributed by atoms with Crippen LogP contribution < -0.4 is 11.1 Å². The van der Waals surface area contributed by atoms with E-state index < -0.39 is 0 Å². The van der Waals surface area contributed by atoms with Crippen LogP contribution in [-0.2, 0) is 4.79 Å². The molecule has 3 N–H and O–H groups in total. The monoisotopic (exact) mass is 276 g/mol. The van der Waals surface area contributed by atoms with Gasteiger partial charge in [0.2, 0.25) is 5.91 Å². The molecule has 0 radical (unpaired) electrons. The SMILES string of the molecule is C=C(Br)CNC(=O)CCC(CC)CCN. The summed E-state index contributed by atoms with van der Waals surface area (Å²) in [7, 11) is 0. The van der Waals surface area contributed by atoms with Gasteiger partial charge in [-0.1, -0.05) is 35.9 Å². The molecule has 4 heteroatoms. The molecule has 1 atom stereocenters. The Hall–Kier alpha value is -0.350. The lowest BCUT2D eigenvalue weighted by atomic mass is 9.96. The first-order chi connectivity index (χ1) is 7.10. The predicted octanol–water partition coefficient (Wildman–Crippen LogP) is 2.17. The molecule has 1 amide bonds. The molecule has 0 heterocycles. The largest absolute Gasteiger partial charge is 0.352 e. The molecule has 88 valence electrons. The van der Waals surface area contributed by atoms with Gasteiger partial charge in [0.15, 0.2) is 0 Å². The lowest BCUT2D eigenvalue weighted by Crippen LogP contribution is -2.24. The zero-order valence-electron chi connectivity index (χ0n) is 9.39. The van der Waals surface area contributed by atoms with Gasteiger partial charge in [0, 0.05) is 17.4 Å². The van der Waals surface area contributed by atoms with Gasteiger partial charge < -0.3 is 11.1 Å². The highest BCUT2D eigenvalue weighted by molar-refractivity contribution is 9.11. The molecular weight excluding hydrogens is 256 g/mol. The number of hydrogen-bond donors (Lipinski definition) is 2. The number of nitrogens with two attached hydrogens (primary N) is 1. The van der Waals surface area contributed by atoms with E-state index in [4.69, 9.17) is 5.73 Å². The van der Waals surface area contributed by atoms with Crippen LogP contribution in [0.5, 0.6) is 0 Å². The van der Waals surface area contributed by atoms with Gasteiger partial charge in [-0.3, -0.25) is 4.79 Å². The highest BCUT2D eigenvalue weighted by Crippen LogP contribution is 2.14. The molecule has 0 saturated carbocycles. The Balaban J connectivity index is 3.63. The van der Waals surface area contributed by atoms with Gasteiger partial charge in [0.05, 0.1) is 0 Å². The first-order valence-electron chi connectivity index (χ1n) is 5.40. The second kappa shape index (κ2) is 8.92. The Morgan fingerprint density at radius 1 is 1.53 bits per heavy atom. The number of halogens is 1. The molecule has 3 nitrogen and oxygen atoms in total. The summed E-state index contributed by atoms with van der Waals surface area (Å²) in [5.41, 5.74) is 5.49. The number of nitrogens with one attached hydrogen (secondary N) is 1. The van der Waals surface area contributed by atoms with Gasteiger partial charge in [0.25, 0.3) is 0 Å². The molecule has 0 aliphatic heterocycles. The number of carbonyl (C=O) groups is 1. The summed E-state index contributed by atoms with van der Waals surface area (Å²) in [6.07, 6.45) is 3.61. The van der Waals surface area contributed by atoms with Crippen LogP contribution in [0.3, 0.4) is 0 Å². The molecule has 0 bridgehead atoms.